The molecular formula is C22H30N4O2S. The van der Waals surface area contributed by atoms with Gasteiger partial charge in [0.2, 0.25) is 10.0 Å². The summed E-state index contributed by atoms with van der Waals surface area (Å²) >= 11 is 0. The monoisotopic (exact) mass is 414 g/mol. The van der Waals surface area contributed by atoms with Crippen molar-refractivity contribution < 1.29 is 8.42 Å². The summed E-state index contributed by atoms with van der Waals surface area (Å²) < 4.78 is 27.7. The van der Waals surface area contributed by atoms with Crippen LogP contribution in [0.3, 0.4) is 0 Å². The first kappa shape index (κ1) is 20.2. The number of aromatic nitrogens is 2. The average molecular weight is 415 g/mol. The van der Waals surface area contributed by atoms with E-state index in [0.717, 1.165) is 30.0 Å². The van der Waals surface area contributed by atoms with Crippen molar-refractivity contribution in [2.45, 2.75) is 52.1 Å². The van der Waals surface area contributed by atoms with E-state index in [1.165, 1.54) is 34.7 Å². The van der Waals surface area contributed by atoms with Gasteiger partial charge in [-0.15, -0.1) is 0 Å². The molecule has 7 heteroatoms. The molecule has 0 saturated carbocycles. The van der Waals surface area contributed by atoms with Crippen molar-refractivity contribution in [3.63, 3.8) is 0 Å². The van der Waals surface area contributed by atoms with Gasteiger partial charge in [0.1, 0.15) is 0 Å². The van der Waals surface area contributed by atoms with Crippen LogP contribution in [0.2, 0.25) is 0 Å². The van der Waals surface area contributed by atoms with E-state index < -0.39 is 10.0 Å². The van der Waals surface area contributed by atoms with Crippen LogP contribution in [0.1, 0.15) is 45.7 Å². The number of piperidine rings is 1. The van der Waals surface area contributed by atoms with Gasteiger partial charge in [-0.05, 0) is 63.8 Å². The van der Waals surface area contributed by atoms with Crippen LogP contribution in [0.15, 0.2) is 41.8 Å². The Hall–Kier alpha value is -2.12. The maximum atomic E-state index is 12.1. The molecule has 2 aliphatic heterocycles. The van der Waals surface area contributed by atoms with Crippen LogP contribution in [-0.4, -0.2) is 42.1 Å². The van der Waals surface area contributed by atoms with Crippen molar-refractivity contribution >= 4 is 15.7 Å². The summed E-state index contributed by atoms with van der Waals surface area (Å²) in [6, 6.07) is 10.7. The molecule has 2 aliphatic rings. The van der Waals surface area contributed by atoms with Crippen LogP contribution in [0.25, 0.3) is 11.3 Å². The van der Waals surface area contributed by atoms with Gasteiger partial charge < -0.3 is 4.90 Å². The highest BCUT2D eigenvalue weighted by Gasteiger charge is 2.26. The van der Waals surface area contributed by atoms with Gasteiger partial charge in [0, 0.05) is 30.7 Å². The van der Waals surface area contributed by atoms with E-state index in [1.807, 2.05) is 10.7 Å². The molecule has 156 valence electrons. The molecule has 2 aromatic rings. The summed E-state index contributed by atoms with van der Waals surface area (Å²) in [5.41, 5.74) is 3.94. The van der Waals surface area contributed by atoms with E-state index in [4.69, 9.17) is 5.10 Å². The molecule has 0 aliphatic carbocycles. The van der Waals surface area contributed by atoms with Crippen molar-refractivity contribution in [2.24, 2.45) is 0 Å². The summed E-state index contributed by atoms with van der Waals surface area (Å²) in [5, 5.41) is 6.04. The number of hydrogen-bond donors (Lipinski definition) is 0. The van der Waals surface area contributed by atoms with Crippen LogP contribution in [-0.2, 0) is 22.1 Å². The normalized spacial score (nSPS) is 19.8. The quantitative estimate of drug-likeness (QED) is 0.760. The second kappa shape index (κ2) is 7.61. The highest BCUT2D eigenvalue weighted by Crippen LogP contribution is 2.30. The molecule has 0 unspecified atom stereocenters. The van der Waals surface area contributed by atoms with Gasteiger partial charge in [-0.3, -0.25) is 4.68 Å². The number of rotatable bonds is 4. The minimum atomic E-state index is -3.31. The Balaban J connectivity index is 1.62. The number of benzene rings is 1. The zero-order chi connectivity index (χ0) is 20.6. The Morgan fingerprint density at radius 2 is 1.72 bits per heavy atom. The summed E-state index contributed by atoms with van der Waals surface area (Å²) in [5.74, 6) is 0. The second-order valence-electron chi connectivity index (χ2n) is 8.91. The maximum absolute atomic E-state index is 12.1. The predicted octanol–water partition coefficient (Wildman–Crippen LogP) is 3.95. The summed E-state index contributed by atoms with van der Waals surface area (Å²) in [6.45, 7) is 9.29. The van der Waals surface area contributed by atoms with E-state index >= 15 is 0 Å². The standard InChI is InChI=1S/C22H30N4O2S/c1-22(2,3)26-21(16-19(23-26)17-25-14-7-15-29(25,27)28)18-8-10-20(11-9-18)24-12-5-4-6-13-24/h7-11,15-16H,4-6,12-14,17H2,1-3H3. The lowest BCUT2D eigenvalue weighted by molar-refractivity contribution is 0.353. The Bertz CT molecular complexity index is 994. The average Bonchev–Trinajstić information content (AvgIpc) is 3.26. The topological polar surface area (TPSA) is 58.4 Å². The molecule has 0 spiro atoms. The zero-order valence-electron chi connectivity index (χ0n) is 17.5. The van der Waals surface area contributed by atoms with Crippen LogP contribution >= 0.6 is 0 Å². The highest BCUT2D eigenvalue weighted by atomic mass is 32.2. The van der Waals surface area contributed by atoms with Crippen LogP contribution in [0, 0.1) is 0 Å². The molecular weight excluding hydrogens is 384 g/mol. The molecule has 1 fully saturated rings. The van der Waals surface area contributed by atoms with E-state index in [-0.39, 0.29) is 12.1 Å². The third-order valence-electron chi connectivity index (χ3n) is 5.56. The van der Waals surface area contributed by atoms with Crippen molar-refractivity contribution in [2.75, 3.05) is 24.5 Å². The van der Waals surface area contributed by atoms with E-state index in [1.54, 1.807) is 6.08 Å². The highest BCUT2D eigenvalue weighted by molar-refractivity contribution is 7.92. The largest absolute Gasteiger partial charge is 0.372 e. The summed E-state index contributed by atoms with van der Waals surface area (Å²) in [6.07, 6.45) is 5.52. The van der Waals surface area contributed by atoms with Gasteiger partial charge in [0.05, 0.1) is 23.5 Å². The fourth-order valence-corrected chi connectivity index (χ4v) is 5.13. The lowest BCUT2D eigenvalue weighted by atomic mass is 10.1. The van der Waals surface area contributed by atoms with Gasteiger partial charge in [-0.25, -0.2) is 8.42 Å². The molecule has 0 bridgehead atoms. The molecule has 0 atom stereocenters. The van der Waals surface area contributed by atoms with Gasteiger partial charge in [-0.2, -0.15) is 9.40 Å². The fraction of sp³-hybridized carbons (Fsp3) is 0.500. The molecule has 4 rings (SSSR count). The van der Waals surface area contributed by atoms with Crippen LogP contribution in [0.5, 0.6) is 0 Å². The predicted molar refractivity (Wildman–Crippen MR) is 117 cm³/mol. The van der Waals surface area contributed by atoms with Crippen molar-refractivity contribution in [1.82, 2.24) is 14.1 Å². The van der Waals surface area contributed by atoms with Crippen LogP contribution < -0.4 is 4.90 Å². The Morgan fingerprint density at radius 1 is 1.03 bits per heavy atom. The van der Waals surface area contributed by atoms with Crippen molar-refractivity contribution in [1.29, 1.82) is 0 Å². The minimum Gasteiger partial charge on any atom is -0.372 e. The van der Waals surface area contributed by atoms with E-state index in [2.05, 4.69) is 49.9 Å². The van der Waals surface area contributed by atoms with Gasteiger partial charge >= 0.3 is 0 Å². The van der Waals surface area contributed by atoms with Crippen LogP contribution in [0.4, 0.5) is 5.69 Å². The molecule has 6 nitrogen and oxygen atoms in total. The number of anilines is 1. The van der Waals surface area contributed by atoms with Gasteiger partial charge in [-0.1, -0.05) is 18.2 Å². The smallest absolute Gasteiger partial charge is 0.236 e. The third kappa shape index (κ3) is 4.26. The zero-order valence-corrected chi connectivity index (χ0v) is 18.3. The molecule has 1 aromatic carbocycles. The first-order valence-corrected chi connectivity index (χ1v) is 11.9. The number of nitrogens with zero attached hydrogens (tertiary/aromatic N) is 4. The van der Waals surface area contributed by atoms with Crippen molar-refractivity contribution in [3.05, 3.63) is 47.5 Å². The maximum Gasteiger partial charge on any atom is 0.236 e. The minimum absolute atomic E-state index is 0.207. The third-order valence-corrected chi connectivity index (χ3v) is 7.09. The molecule has 3 heterocycles. The summed E-state index contributed by atoms with van der Waals surface area (Å²) in [4.78, 5) is 2.45. The SMILES string of the molecule is CC(C)(C)n1nc(CN2CC=CS2(=O)=O)cc1-c1ccc(N2CCCCC2)cc1. The van der Waals surface area contributed by atoms with Crippen molar-refractivity contribution in [3.8, 4) is 11.3 Å². The number of sulfonamides is 1. The Morgan fingerprint density at radius 3 is 2.31 bits per heavy atom. The van der Waals surface area contributed by atoms with E-state index in [9.17, 15) is 8.42 Å². The molecule has 29 heavy (non-hydrogen) atoms. The Labute approximate surface area is 173 Å². The van der Waals surface area contributed by atoms with E-state index in [0.29, 0.717) is 6.54 Å². The molecule has 0 N–H and O–H groups in total. The fourth-order valence-electron chi connectivity index (χ4n) is 4.03. The first-order valence-electron chi connectivity index (χ1n) is 10.4. The molecule has 0 amide bonds. The molecule has 1 saturated heterocycles. The first-order chi connectivity index (χ1) is 13.7. The lowest BCUT2D eigenvalue weighted by Gasteiger charge is -2.29. The lowest BCUT2D eigenvalue weighted by Crippen LogP contribution is -2.29. The molecule has 0 radical (unpaired) electrons. The Kier molecular flexibility index (Phi) is 5.29. The second-order valence-corrected chi connectivity index (χ2v) is 10.7. The molecule has 1 aromatic heterocycles. The summed E-state index contributed by atoms with van der Waals surface area (Å²) in [7, 11) is -3.31. The van der Waals surface area contributed by atoms with Gasteiger partial charge in [0.15, 0.2) is 0 Å². The number of hydrogen-bond acceptors (Lipinski definition) is 4. The van der Waals surface area contributed by atoms with Gasteiger partial charge in [0.25, 0.3) is 0 Å².